The molecule has 0 aliphatic heterocycles. The molecule has 0 aromatic rings. The average Bonchev–Trinajstić information content (AvgIpc) is 3.12. The molecule has 1 amide bonds. The fourth-order valence-electron chi connectivity index (χ4n) is 6.01. The number of nitrogens with one attached hydrogen (secondary N) is 1. The summed E-state index contributed by atoms with van der Waals surface area (Å²) in [6.45, 7) is 3.92. The predicted octanol–water partition coefficient (Wildman–Crippen LogP) is 10.5. The van der Waals surface area contributed by atoms with Gasteiger partial charge in [0, 0.05) is 6.54 Å². The molecule has 10 heteroatoms. The van der Waals surface area contributed by atoms with E-state index in [1.54, 1.807) is 6.08 Å². The van der Waals surface area contributed by atoms with E-state index in [0.29, 0.717) is 12.8 Å². The average molecular weight is 757 g/mol. The second-order valence-electron chi connectivity index (χ2n) is 14.4. The molecule has 52 heavy (non-hydrogen) atoms. The van der Waals surface area contributed by atoms with Gasteiger partial charge in [0.05, 0.1) is 37.9 Å². The van der Waals surface area contributed by atoms with Crippen LogP contribution in [0, 0.1) is 0 Å². The second-order valence-corrected chi connectivity index (χ2v) is 15.8. The van der Waals surface area contributed by atoms with Crippen LogP contribution in [-0.2, 0) is 18.4 Å². The van der Waals surface area contributed by atoms with E-state index in [4.69, 9.17) is 14.8 Å². The van der Waals surface area contributed by atoms with Crippen molar-refractivity contribution in [2.75, 3.05) is 19.8 Å². The third-order valence-electron chi connectivity index (χ3n) is 9.24. The number of carbonyl (C=O) groups excluding carboxylic acids is 1. The maximum atomic E-state index is 12.8. The summed E-state index contributed by atoms with van der Waals surface area (Å²) >= 11 is 0. The Labute approximate surface area is 319 Å². The summed E-state index contributed by atoms with van der Waals surface area (Å²) in [6, 6.07) is -1.000. The fraction of sp³-hybridized carbons (Fsp3) is 0.833. The third-order valence-corrected chi connectivity index (χ3v) is 10.2. The Morgan fingerprint density at radius 3 is 1.60 bits per heavy atom. The van der Waals surface area contributed by atoms with Crippen LogP contribution >= 0.6 is 7.82 Å². The number of carbonyl (C=O) groups is 1. The lowest BCUT2D eigenvalue weighted by Crippen LogP contribution is -2.46. The Morgan fingerprint density at radius 2 is 1.10 bits per heavy atom. The van der Waals surface area contributed by atoms with Crippen molar-refractivity contribution in [3.63, 3.8) is 0 Å². The van der Waals surface area contributed by atoms with E-state index >= 15 is 0 Å². The lowest BCUT2D eigenvalue weighted by atomic mass is 10.0. The van der Waals surface area contributed by atoms with Crippen LogP contribution in [0.15, 0.2) is 36.5 Å². The monoisotopic (exact) mass is 757 g/mol. The predicted molar refractivity (Wildman–Crippen MR) is 218 cm³/mol. The molecule has 0 bridgehead atoms. The Morgan fingerprint density at radius 1 is 0.654 bits per heavy atom. The Hall–Kier alpha value is -1.32. The van der Waals surface area contributed by atoms with E-state index in [1.165, 1.54) is 109 Å². The zero-order valence-electron chi connectivity index (χ0n) is 33.4. The summed E-state index contributed by atoms with van der Waals surface area (Å²) in [5.74, 6) is -0.462. The lowest BCUT2D eigenvalue weighted by Gasteiger charge is -2.24. The SMILES string of the molecule is CCCCCCCC/C=C/CC/C=C/C(O)C(COP(=O)(O)OCCN)NC(=O)CC(O)CCCCCCC/C=C\CCCCCCCCCCC. The molecule has 0 fully saturated rings. The van der Waals surface area contributed by atoms with Crippen LogP contribution in [0.4, 0.5) is 0 Å². The van der Waals surface area contributed by atoms with Crippen LogP contribution in [0.3, 0.4) is 0 Å². The lowest BCUT2D eigenvalue weighted by molar-refractivity contribution is -0.124. The number of nitrogens with two attached hydrogens (primary N) is 1. The molecule has 0 aromatic carbocycles. The van der Waals surface area contributed by atoms with Gasteiger partial charge in [0.25, 0.3) is 0 Å². The van der Waals surface area contributed by atoms with Crippen molar-refractivity contribution in [2.45, 2.75) is 205 Å². The third kappa shape index (κ3) is 35.7. The maximum Gasteiger partial charge on any atom is 0.472 e. The van der Waals surface area contributed by atoms with Crippen molar-refractivity contribution in [2.24, 2.45) is 5.73 Å². The first kappa shape index (κ1) is 50.7. The van der Waals surface area contributed by atoms with Crippen molar-refractivity contribution in [3.05, 3.63) is 36.5 Å². The van der Waals surface area contributed by atoms with Gasteiger partial charge in [-0.05, 0) is 57.8 Å². The molecule has 0 radical (unpaired) electrons. The topological polar surface area (TPSA) is 151 Å². The normalized spacial score (nSPS) is 15.1. The van der Waals surface area contributed by atoms with Crippen molar-refractivity contribution < 1.29 is 33.5 Å². The number of aliphatic hydroxyl groups is 2. The van der Waals surface area contributed by atoms with E-state index in [0.717, 1.165) is 44.9 Å². The van der Waals surface area contributed by atoms with Crippen LogP contribution in [0.1, 0.15) is 187 Å². The number of phosphoric acid groups is 1. The summed E-state index contributed by atoms with van der Waals surface area (Å²) in [6.07, 6.45) is 40.9. The highest BCUT2D eigenvalue weighted by molar-refractivity contribution is 7.47. The van der Waals surface area contributed by atoms with E-state index in [1.807, 2.05) is 6.08 Å². The number of phosphoric ester groups is 1. The molecule has 6 N–H and O–H groups in total. The fourth-order valence-corrected chi connectivity index (χ4v) is 6.77. The number of allylic oxidation sites excluding steroid dienone is 5. The van der Waals surface area contributed by atoms with E-state index in [-0.39, 0.29) is 19.6 Å². The zero-order chi connectivity index (χ0) is 38.4. The number of hydrogen-bond acceptors (Lipinski definition) is 7. The van der Waals surface area contributed by atoms with Gasteiger partial charge in [-0.15, -0.1) is 0 Å². The van der Waals surface area contributed by atoms with Gasteiger partial charge < -0.3 is 26.2 Å². The first-order valence-corrected chi connectivity index (χ1v) is 22.7. The van der Waals surface area contributed by atoms with Crippen LogP contribution in [-0.4, -0.2) is 59.0 Å². The number of aliphatic hydroxyl groups excluding tert-OH is 2. The van der Waals surface area contributed by atoms with E-state index < -0.39 is 38.6 Å². The van der Waals surface area contributed by atoms with Crippen LogP contribution in [0.25, 0.3) is 0 Å². The van der Waals surface area contributed by atoms with Gasteiger partial charge in [0.15, 0.2) is 0 Å². The van der Waals surface area contributed by atoms with Crippen LogP contribution in [0.2, 0.25) is 0 Å². The number of rotatable bonds is 39. The minimum absolute atomic E-state index is 0.0432. The zero-order valence-corrected chi connectivity index (χ0v) is 34.3. The summed E-state index contributed by atoms with van der Waals surface area (Å²) in [5.41, 5.74) is 5.35. The van der Waals surface area contributed by atoms with E-state index in [2.05, 4.69) is 43.5 Å². The van der Waals surface area contributed by atoms with Crippen LogP contribution in [0.5, 0.6) is 0 Å². The maximum absolute atomic E-state index is 12.8. The molecule has 4 atom stereocenters. The van der Waals surface area contributed by atoms with Gasteiger partial charge in [-0.1, -0.05) is 159 Å². The van der Waals surface area contributed by atoms with Gasteiger partial charge in [-0.3, -0.25) is 13.8 Å². The Balaban J connectivity index is 4.34. The highest BCUT2D eigenvalue weighted by Gasteiger charge is 2.27. The number of hydrogen-bond donors (Lipinski definition) is 5. The molecule has 9 nitrogen and oxygen atoms in total. The second kappa shape index (κ2) is 38.0. The van der Waals surface area contributed by atoms with Gasteiger partial charge in [0.2, 0.25) is 5.91 Å². The van der Waals surface area contributed by atoms with Gasteiger partial charge in [0.1, 0.15) is 0 Å². The molecule has 4 unspecified atom stereocenters. The molecule has 0 aliphatic rings. The smallest absolute Gasteiger partial charge is 0.393 e. The van der Waals surface area contributed by atoms with Crippen molar-refractivity contribution in [1.82, 2.24) is 5.32 Å². The summed E-state index contributed by atoms with van der Waals surface area (Å²) in [5, 5.41) is 24.0. The molecular formula is C42H81N2O7P. The van der Waals surface area contributed by atoms with E-state index in [9.17, 15) is 24.5 Å². The van der Waals surface area contributed by atoms with Gasteiger partial charge in [-0.25, -0.2) is 4.57 Å². The largest absolute Gasteiger partial charge is 0.472 e. The Bertz CT molecular complexity index is 930. The van der Waals surface area contributed by atoms with Crippen molar-refractivity contribution >= 4 is 13.7 Å². The summed E-state index contributed by atoms with van der Waals surface area (Å²) < 4.78 is 22.0. The Kier molecular flexibility index (Phi) is 37.0. The minimum atomic E-state index is -4.40. The molecule has 0 aliphatic carbocycles. The van der Waals surface area contributed by atoms with Crippen molar-refractivity contribution in [1.29, 1.82) is 0 Å². The van der Waals surface area contributed by atoms with Crippen LogP contribution < -0.4 is 11.1 Å². The molecule has 0 aromatic heterocycles. The number of amides is 1. The minimum Gasteiger partial charge on any atom is -0.393 e. The summed E-state index contributed by atoms with van der Waals surface area (Å²) in [4.78, 5) is 22.7. The van der Waals surface area contributed by atoms with Gasteiger partial charge >= 0.3 is 7.82 Å². The molecule has 306 valence electrons. The first-order valence-electron chi connectivity index (χ1n) is 21.2. The van der Waals surface area contributed by atoms with Crippen molar-refractivity contribution in [3.8, 4) is 0 Å². The van der Waals surface area contributed by atoms with Gasteiger partial charge in [-0.2, -0.15) is 0 Å². The first-order chi connectivity index (χ1) is 25.3. The summed E-state index contributed by atoms with van der Waals surface area (Å²) in [7, 11) is -4.40. The molecule has 0 heterocycles. The molecule has 0 saturated carbocycles. The highest BCUT2D eigenvalue weighted by atomic mass is 31.2. The standard InChI is InChI=1S/C42H81N2O7P/c1-3-5-7-9-11-13-15-17-18-19-20-21-22-23-25-27-29-31-33-39(45)37-42(47)44-40(38-51-52(48,49)50-36-35-43)41(46)34-32-30-28-26-24-16-14-12-10-8-6-4-2/h20-21,24,26,32,34,39-41,45-46H,3-19,22-23,25,27-31,33,35-38,43H2,1-2H3,(H,44,47)(H,48,49)/b21-20-,26-24+,34-32+. The molecular weight excluding hydrogens is 675 g/mol. The molecule has 0 saturated heterocycles. The molecule has 0 rings (SSSR count). The number of unbranched alkanes of at least 4 members (excludes halogenated alkanes) is 21. The quantitative estimate of drug-likeness (QED) is 0.0236. The highest BCUT2D eigenvalue weighted by Crippen LogP contribution is 2.43. The molecule has 0 spiro atoms.